The summed E-state index contributed by atoms with van der Waals surface area (Å²) in [5, 5.41) is 11.8. The maximum Gasteiger partial charge on any atom is 0.119 e. The highest BCUT2D eigenvalue weighted by Crippen LogP contribution is 2.16. The molecule has 1 aliphatic heterocycles. The minimum absolute atomic E-state index is 0.312. The summed E-state index contributed by atoms with van der Waals surface area (Å²) < 4.78 is 5.59. The molecule has 0 bridgehead atoms. The number of ether oxygens (including phenoxy) is 1. The Morgan fingerprint density at radius 2 is 2.05 bits per heavy atom. The van der Waals surface area contributed by atoms with Gasteiger partial charge in [-0.15, -0.1) is 0 Å². The van der Waals surface area contributed by atoms with E-state index < -0.39 is 6.10 Å². The third-order valence-corrected chi connectivity index (χ3v) is 3.38. The van der Waals surface area contributed by atoms with Gasteiger partial charge in [0.1, 0.15) is 18.5 Å². The van der Waals surface area contributed by atoms with Crippen LogP contribution in [0.5, 0.6) is 5.75 Å². The molecule has 1 heterocycles. The van der Waals surface area contributed by atoms with Crippen LogP contribution in [-0.2, 0) is 11.4 Å². The van der Waals surface area contributed by atoms with Crippen molar-refractivity contribution in [2.45, 2.75) is 25.5 Å². The van der Waals surface area contributed by atoms with Crippen molar-refractivity contribution < 1.29 is 14.7 Å². The number of benzene rings is 1. The molecule has 1 fully saturated rings. The molecule has 5 heteroatoms. The van der Waals surface area contributed by atoms with E-state index in [1.807, 2.05) is 48.3 Å². The first-order valence-electron chi connectivity index (χ1n) is 7.56. The second-order valence-electron chi connectivity index (χ2n) is 5.77. The Labute approximate surface area is 127 Å². The predicted molar refractivity (Wildman–Crippen MR) is 82.1 cm³/mol. The molecule has 0 amide bonds. The van der Waals surface area contributed by atoms with Gasteiger partial charge in [-0.05, 0) is 44.6 Å². The van der Waals surface area contributed by atoms with Crippen LogP contribution in [0.15, 0.2) is 24.3 Å². The van der Waals surface area contributed by atoms with E-state index in [1.165, 1.54) is 12.0 Å². The normalized spacial score (nSPS) is 17.9. The lowest BCUT2D eigenvalue weighted by atomic mass is 10.2. The molecular weight excluding hydrogens is 268 g/mol. The van der Waals surface area contributed by atoms with Gasteiger partial charge in [-0.2, -0.15) is 5.06 Å². The molecule has 2 rings (SSSR count). The van der Waals surface area contributed by atoms with E-state index in [1.54, 1.807) is 0 Å². The standard InChI is InChI=1S/C16H26N2O3/c1-17(2)12-15(19)13-20-16-7-5-14(6-8-16)11-18-9-3-4-10-21-18/h5-8,15,19H,3-4,9-13H2,1-2H3/t15-/m1/s1. The summed E-state index contributed by atoms with van der Waals surface area (Å²) in [6.45, 7) is 3.54. The van der Waals surface area contributed by atoms with Crippen molar-refractivity contribution in [2.75, 3.05) is 40.4 Å². The predicted octanol–water partition coefficient (Wildman–Crippen LogP) is 1.52. The molecular formula is C16H26N2O3. The summed E-state index contributed by atoms with van der Waals surface area (Å²) in [6, 6.07) is 7.99. The number of rotatable bonds is 7. The smallest absolute Gasteiger partial charge is 0.119 e. The zero-order chi connectivity index (χ0) is 15.1. The Morgan fingerprint density at radius 1 is 1.29 bits per heavy atom. The zero-order valence-electron chi connectivity index (χ0n) is 13.0. The van der Waals surface area contributed by atoms with Gasteiger partial charge in [0.2, 0.25) is 0 Å². The van der Waals surface area contributed by atoms with Crippen LogP contribution in [0.2, 0.25) is 0 Å². The van der Waals surface area contributed by atoms with Gasteiger partial charge in [-0.25, -0.2) is 0 Å². The van der Waals surface area contributed by atoms with E-state index in [4.69, 9.17) is 9.57 Å². The number of aliphatic hydroxyl groups is 1. The number of aliphatic hydroxyl groups excluding tert-OH is 1. The molecule has 1 aromatic carbocycles. The molecule has 1 aromatic rings. The van der Waals surface area contributed by atoms with Gasteiger partial charge in [-0.1, -0.05) is 12.1 Å². The summed E-state index contributed by atoms with van der Waals surface area (Å²) in [5.74, 6) is 0.788. The van der Waals surface area contributed by atoms with Crippen LogP contribution in [0, 0.1) is 0 Å². The molecule has 1 N–H and O–H groups in total. The first kappa shape index (κ1) is 16.2. The van der Waals surface area contributed by atoms with Crippen LogP contribution < -0.4 is 4.74 Å². The monoisotopic (exact) mass is 294 g/mol. The molecule has 118 valence electrons. The maximum absolute atomic E-state index is 9.76. The minimum atomic E-state index is -0.471. The van der Waals surface area contributed by atoms with Crippen molar-refractivity contribution in [3.63, 3.8) is 0 Å². The second-order valence-corrected chi connectivity index (χ2v) is 5.77. The van der Waals surface area contributed by atoms with Gasteiger partial charge >= 0.3 is 0 Å². The highest BCUT2D eigenvalue weighted by Gasteiger charge is 2.11. The molecule has 1 atom stereocenters. The molecule has 1 saturated heterocycles. The molecule has 0 unspecified atom stereocenters. The van der Waals surface area contributed by atoms with E-state index in [2.05, 4.69) is 0 Å². The summed E-state index contributed by atoms with van der Waals surface area (Å²) in [7, 11) is 3.86. The van der Waals surface area contributed by atoms with Crippen LogP contribution >= 0.6 is 0 Å². The van der Waals surface area contributed by atoms with E-state index in [9.17, 15) is 5.11 Å². The minimum Gasteiger partial charge on any atom is -0.491 e. The molecule has 0 spiro atoms. The van der Waals surface area contributed by atoms with E-state index >= 15 is 0 Å². The number of hydroxylamine groups is 2. The lowest BCUT2D eigenvalue weighted by molar-refractivity contribution is -0.187. The molecule has 21 heavy (non-hydrogen) atoms. The zero-order valence-corrected chi connectivity index (χ0v) is 13.0. The Kier molecular flexibility index (Phi) is 6.45. The maximum atomic E-state index is 9.76. The fourth-order valence-electron chi connectivity index (χ4n) is 2.33. The van der Waals surface area contributed by atoms with Crippen molar-refractivity contribution in [1.82, 2.24) is 9.96 Å². The Hall–Kier alpha value is -1.14. The largest absolute Gasteiger partial charge is 0.491 e. The van der Waals surface area contributed by atoms with Crippen LogP contribution in [-0.4, -0.2) is 61.6 Å². The highest BCUT2D eigenvalue weighted by molar-refractivity contribution is 5.27. The molecule has 0 radical (unpaired) electrons. The van der Waals surface area contributed by atoms with Crippen molar-refractivity contribution >= 4 is 0 Å². The van der Waals surface area contributed by atoms with Gasteiger partial charge in [0.25, 0.3) is 0 Å². The van der Waals surface area contributed by atoms with Crippen molar-refractivity contribution in [3.8, 4) is 5.75 Å². The Bertz CT molecular complexity index is 402. The summed E-state index contributed by atoms with van der Waals surface area (Å²) in [4.78, 5) is 7.53. The fraction of sp³-hybridized carbons (Fsp3) is 0.625. The lowest BCUT2D eigenvalue weighted by Crippen LogP contribution is -2.30. The SMILES string of the molecule is CN(C)C[C@@H](O)COc1ccc(CN2CCCCO2)cc1. The number of nitrogens with zero attached hydrogens (tertiary/aromatic N) is 2. The first-order valence-corrected chi connectivity index (χ1v) is 7.56. The Balaban J connectivity index is 1.76. The van der Waals surface area contributed by atoms with Crippen molar-refractivity contribution in [3.05, 3.63) is 29.8 Å². The van der Waals surface area contributed by atoms with Crippen LogP contribution in [0.4, 0.5) is 0 Å². The molecule has 0 aliphatic carbocycles. The van der Waals surface area contributed by atoms with E-state index in [0.29, 0.717) is 13.2 Å². The van der Waals surface area contributed by atoms with Gasteiger partial charge in [0, 0.05) is 19.6 Å². The summed E-state index contributed by atoms with van der Waals surface area (Å²) >= 11 is 0. The topological polar surface area (TPSA) is 45.2 Å². The average Bonchev–Trinajstić information content (AvgIpc) is 2.47. The second kappa shape index (κ2) is 8.34. The van der Waals surface area contributed by atoms with Crippen molar-refractivity contribution in [1.29, 1.82) is 0 Å². The Morgan fingerprint density at radius 3 is 2.67 bits per heavy atom. The third-order valence-electron chi connectivity index (χ3n) is 3.38. The molecule has 1 aliphatic rings. The van der Waals surface area contributed by atoms with E-state index in [0.717, 1.165) is 31.9 Å². The first-order chi connectivity index (χ1) is 10.1. The number of likely N-dealkylation sites (N-methyl/N-ethyl adjacent to an activating group) is 1. The molecule has 5 nitrogen and oxygen atoms in total. The molecule has 0 aromatic heterocycles. The summed E-state index contributed by atoms with van der Waals surface area (Å²) in [6.07, 6.45) is 1.88. The van der Waals surface area contributed by atoms with Crippen molar-refractivity contribution in [2.24, 2.45) is 0 Å². The third kappa shape index (κ3) is 6.01. The van der Waals surface area contributed by atoms with Crippen LogP contribution in [0.25, 0.3) is 0 Å². The fourth-order valence-corrected chi connectivity index (χ4v) is 2.33. The molecule has 0 saturated carbocycles. The van der Waals surface area contributed by atoms with Crippen LogP contribution in [0.3, 0.4) is 0 Å². The lowest BCUT2D eigenvalue weighted by Gasteiger charge is -2.26. The van der Waals surface area contributed by atoms with Gasteiger partial charge in [0.15, 0.2) is 0 Å². The highest BCUT2D eigenvalue weighted by atomic mass is 16.7. The van der Waals surface area contributed by atoms with Gasteiger partial charge < -0.3 is 14.7 Å². The van der Waals surface area contributed by atoms with Crippen LogP contribution in [0.1, 0.15) is 18.4 Å². The number of hydrogen-bond acceptors (Lipinski definition) is 5. The quantitative estimate of drug-likeness (QED) is 0.826. The average molecular weight is 294 g/mol. The van der Waals surface area contributed by atoms with Gasteiger partial charge in [0.05, 0.1) is 6.61 Å². The number of hydrogen-bond donors (Lipinski definition) is 1. The summed E-state index contributed by atoms with van der Waals surface area (Å²) in [5.41, 5.74) is 1.21. The van der Waals surface area contributed by atoms with E-state index in [-0.39, 0.29) is 0 Å². The van der Waals surface area contributed by atoms with Gasteiger partial charge in [-0.3, -0.25) is 4.84 Å².